The van der Waals surface area contributed by atoms with E-state index in [0.717, 1.165) is 30.3 Å². The predicted octanol–water partition coefficient (Wildman–Crippen LogP) is 7.82. The Bertz CT molecular complexity index is 1590. The Morgan fingerprint density at radius 1 is 1.03 bits per heavy atom. The first-order valence-electron chi connectivity index (χ1n) is 11.4. The van der Waals surface area contributed by atoms with Gasteiger partial charge in [0.05, 0.1) is 19.7 Å². The number of amides is 1. The summed E-state index contributed by atoms with van der Waals surface area (Å²) in [5.74, 6) is 0.930. The molecule has 3 aromatic heterocycles. The fourth-order valence-electron chi connectivity index (χ4n) is 3.57. The summed E-state index contributed by atoms with van der Waals surface area (Å²) in [6, 6.07) is 20.3. The maximum Gasteiger partial charge on any atom is 0.265 e. The molecule has 5 rings (SSSR count). The van der Waals surface area contributed by atoms with Crippen molar-refractivity contribution < 1.29 is 9.90 Å². The Balaban J connectivity index is 1.51. The minimum atomic E-state index is -0.182. The van der Waals surface area contributed by atoms with Gasteiger partial charge in [0.1, 0.15) is 17.9 Å². The first kappa shape index (κ1) is 25.2. The quantitative estimate of drug-likeness (QED) is 0.177. The minimum Gasteiger partial charge on any atom is -0.508 e. The molecule has 0 radical (unpaired) electrons. The summed E-state index contributed by atoms with van der Waals surface area (Å²) in [5.41, 5.74) is 2.98. The zero-order chi connectivity index (χ0) is 25.9. The van der Waals surface area contributed by atoms with Crippen LogP contribution in [-0.2, 0) is 0 Å². The molecule has 1 amide bonds. The van der Waals surface area contributed by atoms with Crippen LogP contribution in [-0.4, -0.2) is 26.0 Å². The van der Waals surface area contributed by atoms with Gasteiger partial charge >= 0.3 is 0 Å². The molecule has 186 valence electrons. The topological polar surface area (TPSA) is 100 Å². The van der Waals surface area contributed by atoms with E-state index in [9.17, 15) is 9.90 Å². The number of phenolic OH excluding ortho intramolecular Hbond substituents is 1. The van der Waals surface area contributed by atoms with E-state index < -0.39 is 0 Å². The Hall–Kier alpha value is -3.47. The van der Waals surface area contributed by atoms with E-state index >= 15 is 0 Å². The molecular weight excluding hydrogens is 570 g/mol. The van der Waals surface area contributed by atoms with Gasteiger partial charge < -0.3 is 15.7 Å². The van der Waals surface area contributed by atoms with Gasteiger partial charge in [-0.25, -0.2) is 15.0 Å². The standard InChI is InChI=1S/C27H22BrN5O2S2/c1-15(2)20-9-8-19-25(32-20)29-14-30-26(19)33-21-13-16(31-27(35)23-11-12-24(28)37-23)3-10-22(21)36-18-6-4-17(34)5-7-18/h3-15,34H,1-2H3,(H,31,35)(H,29,30,32,33). The maximum atomic E-state index is 12.8. The van der Waals surface area contributed by atoms with Crippen LogP contribution < -0.4 is 10.6 Å². The van der Waals surface area contributed by atoms with Crippen molar-refractivity contribution in [2.45, 2.75) is 29.6 Å². The Morgan fingerprint density at radius 3 is 2.57 bits per heavy atom. The van der Waals surface area contributed by atoms with E-state index in [2.05, 4.69) is 55.4 Å². The number of phenols is 1. The molecule has 7 nitrogen and oxygen atoms in total. The highest BCUT2D eigenvalue weighted by atomic mass is 79.9. The number of carbonyl (C=O) groups excluding carboxylic acids is 1. The van der Waals surface area contributed by atoms with Crippen molar-refractivity contribution >= 4 is 73.2 Å². The van der Waals surface area contributed by atoms with Crippen LogP contribution in [0.5, 0.6) is 5.75 Å². The molecule has 0 saturated heterocycles. The normalized spacial score (nSPS) is 11.1. The molecule has 3 N–H and O–H groups in total. The van der Waals surface area contributed by atoms with Crippen molar-refractivity contribution in [3.63, 3.8) is 0 Å². The number of carbonyl (C=O) groups is 1. The van der Waals surface area contributed by atoms with Gasteiger partial charge in [-0.2, -0.15) is 0 Å². The van der Waals surface area contributed by atoms with Crippen LogP contribution in [0.1, 0.15) is 35.1 Å². The van der Waals surface area contributed by atoms with Gasteiger partial charge in [-0.3, -0.25) is 4.79 Å². The third-order valence-corrected chi connectivity index (χ3v) is 8.17. The average Bonchev–Trinajstić information content (AvgIpc) is 3.33. The van der Waals surface area contributed by atoms with Gasteiger partial charge in [-0.05, 0) is 88.6 Å². The van der Waals surface area contributed by atoms with Crippen LogP contribution in [0.25, 0.3) is 11.0 Å². The fourth-order valence-corrected chi connectivity index (χ4v) is 5.73. The number of nitrogens with one attached hydrogen (secondary N) is 2. The second-order valence-electron chi connectivity index (χ2n) is 8.47. The lowest BCUT2D eigenvalue weighted by atomic mass is 10.1. The van der Waals surface area contributed by atoms with Gasteiger partial charge in [0, 0.05) is 21.2 Å². The van der Waals surface area contributed by atoms with Crippen LogP contribution in [0.15, 0.2) is 86.6 Å². The molecule has 0 fully saturated rings. The molecule has 0 aliphatic rings. The largest absolute Gasteiger partial charge is 0.508 e. The summed E-state index contributed by atoms with van der Waals surface area (Å²) in [5, 5.41) is 16.9. The number of fused-ring (bicyclic) bond motifs is 1. The molecule has 0 spiro atoms. The predicted molar refractivity (Wildman–Crippen MR) is 153 cm³/mol. The van der Waals surface area contributed by atoms with Gasteiger partial charge in [-0.1, -0.05) is 25.6 Å². The Labute approximate surface area is 230 Å². The average molecular weight is 593 g/mol. The number of aromatic hydroxyl groups is 1. The molecule has 0 atom stereocenters. The minimum absolute atomic E-state index is 0.182. The number of hydrogen-bond donors (Lipinski definition) is 3. The fraction of sp³-hybridized carbons (Fsp3) is 0.111. The highest BCUT2D eigenvalue weighted by Crippen LogP contribution is 2.38. The molecule has 0 aliphatic heterocycles. The van der Waals surface area contributed by atoms with E-state index in [1.807, 2.05) is 48.5 Å². The highest BCUT2D eigenvalue weighted by molar-refractivity contribution is 9.11. The highest BCUT2D eigenvalue weighted by Gasteiger charge is 2.14. The van der Waals surface area contributed by atoms with E-state index in [1.165, 1.54) is 29.4 Å². The Kier molecular flexibility index (Phi) is 7.40. The van der Waals surface area contributed by atoms with E-state index in [-0.39, 0.29) is 17.6 Å². The van der Waals surface area contributed by atoms with Crippen LogP contribution in [0.4, 0.5) is 17.2 Å². The zero-order valence-corrected chi connectivity index (χ0v) is 23.1. The van der Waals surface area contributed by atoms with E-state index in [4.69, 9.17) is 0 Å². The number of rotatable bonds is 7. The van der Waals surface area contributed by atoms with Crippen molar-refractivity contribution in [3.05, 3.63) is 87.4 Å². The third kappa shape index (κ3) is 5.93. The van der Waals surface area contributed by atoms with Crippen molar-refractivity contribution in [1.29, 1.82) is 0 Å². The van der Waals surface area contributed by atoms with Gasteiger partial charge in [0.25, 0.3) is 5.91 Å². The molecule has 0 saturated carbocycles. The smallest absolute Gasteiger partial charge is 0.265 e. The summed E-state index contributed by atoms with van der Waals surface area (Å²) in [6.07, 6.45) is 1.49. The number of hydrogen-bond acceptors (Lipinski definition) is 8. The number of benzene rings is 2. The summed E-state index contributed by atoms with van der Waals surface area (Å²) < 4.78 is 0.894. The summed E-state index contributed by atoms with van der Waals surface area (Å²) >= 11 is 6.31. The van der Waals surface area contributed by atoms with Crippen molar-refractivity contribution in [3.8, 4) is 5.75 Å². The number of anilines is 3. The first-order valence-corrected chi connectivity index (χ1v) is 13.8. The summed E-state index contributed by atoms with van der Waals surface area (Å²) in [4.78, 5) is 28.8. The van der Waals surface area contributed by atoms with Crippen LogP contribution in [0.3, 0.4) is 0 Å². The summed E-state index contributed by atoms with van der Waals surface area (Å²) in [6.45, 7) is 4.19. The number of nitrogens with zero attached hydrogens (tertiary/aromatic N) is 3. The molecule has 5 aromatic rings. The molecule has 0 aliphatic carbocycles. The third-order valence-electron chi connectivity index (χ3n) is 5.46. The number of aromatic nitrogens is 3. The second-order valence-corrected chi connectivity index (χ2v) is 12.1. The van der Waals surface area contributed by atoms with Crippen LogP contribution in [0.2, 0.25) is 0 Å². The van der Waals surface area contributed by atoms with Gasteiger partial charge in [0.15, 0.2) is 5.65 Å². The van der Waals surface area contributed by atoms with Crippen molar-refractivity contribution in [1.82, 2.24) is 15.0 Å². The lowest BCUT2D eigenvalue weighted by Gasteiger charge is -2.15. The lowest BCUT2D eigenvalue weighted by molar-refractivity contribution is 0.103. The molecule has 0 bridgehead atoms. The zero-order valence-electron chi connectivity index (χ0n) is 19.9. The molecular formula is C27H22BrN5O2S2. The lowest BCUT2D eigenvalue weighted by Crippen LogP contribution is -2.10. The number of pyridine rings is 1. The van der Waals surface area contributed by atoms with E-state index in [1.54, 1.807) is 18.2 Å². The SMILES string of the molecule is CC(C)c1ccc2c(Nc3cc(NC(=O)c4ccc(Br)s4)ccc3Sc3ccc(O)cc3)ncnc2n1. The number of thiophene rings is 1. The van der Waals surface area contributed by atoms with E-state index in [0.29, 0.717) is 22.0 Å². The van der Waals surface area contributed by atoms with Crippen molar-refractivity contribution in [2.75, 3.05) is 10.6 Å². The van der Waals surface area contributed by atoms with Crippen LogP contribution >= 0.6 is 39.0 Å². The molecule has 0 unspecified atom stereocenters. The number of halogens is 1. The summed E-state index contributed by atoms with van der Waals surface area (Å²) in [7, 11) is 0. The first-order chi connectivity index (χ1) is 17.9. The van der Waals surface area contributed by atoms with Crippen LogP contribution in [0, 0.1) is 0 Å². The maximum absolute atomic E-state index is 12.8. The molecule has 10 heteroatoms. The van der Waals surface area contributed by atoms with Gasteiger partial charge in [0.2, 0.25) is 0 Å². The molecule has 2 aromatic carbocycles. The monoisotopic (exact) mass is 591 g/mol. The second kappa shape index (κ2) is 10.9. The molecule has 3 heterocycles. The van der Waals surface area contributed by atoms with Crippen molar-refractivity contribution in [2.24, 2.45) is 0 Å². The molecule has 37 heavy (non-hydrogen) atoms. The van der Waals surface area contributed by atoms with Gasteiger partial charge in [-0.15, -0.1) is 11.3 Å². The Morgan fingerprint density at radius 2 is 1.84 bits per heavy atom.